The van der Waals surface area contributed by atoms with Crippen molar-refractivity contribution in [2.45, 2.75) is 77.5 Å². The first-order chi connectivity index (χ1) is 13.8. The molecule has 5 heteroatoms. The molecule has 1 aromatic heterocycles. The summed E-state index contributed by atoms with van der Waals surface area (Å²) in [6.07, 6.45) is 7.00. The number of ether oxygens (including phenoxy) is 2. The quantitative estimate of drug-likeness (QED) is 0.692. The fourth-order valence-electron chi connectivity index (χ4n) is 5.80. The minimum Gasteiger partial charge on any atom is -0.472 e. The molecule has 4 heterocycles. The number of aryl methyl sites for hydroxylation is 1. The monoisotopic (exact) mass is 396 g/mol. The molecule has 0 aliphatic carbocycles. The number of piperidine rings is 2. The van der Waals surface area contributed by atoms with Crippen LogP contribution >= 0.6 is 0 Å². The molecule has 0 saturated carbocycles. The maximum Gasteiger partial charge on any atom is 0.341 e. The van der Waals surface area contributed by atoms with E-state index in [0.717, 1.165) is 48.3 Å². The summed E-state index contributed by atoms with van der Waals surface area (Å²) in [6, 6.07) is 4.15. The molecule has 2 saturated heterocycles. The molecular formula is C24H32N2O3. The molecule has 1 aromatic carbocycles. The summed E-state index contributed by atoms with van der Waals surface area (Å²) in [5.74, 6) is 1.18. The van der Waals surface area contributed by atoms with Crippen LogP contribution in [0.4, 0.5) is 0 Å². The molecule has 0 radical (unpaired) electrons. The van der Waals surface area contributed by atoms with Crippen LogP contribution in [0.2, 0.25) is 0 Å². The molecule has 5 rings (SSSR count). The first kappa shape index (κ1) is 19.0. The third-order valence-electron chi connectivity index (χ3n) is 6.92. The number of nitrogens with zero attached hydrogens (tertiary/aromatic N) is 1. The maximum atomic E-state index is 13.1. The van der Waals surface area contributed by atoms with E-state index < -0.39 is 5.60 Å². The van der Waals surface area contributed by atoms with Gasteiger partial charge in [0.25, 0.3) is 0 Å². The molecule has 2 atom stereocenters. The fraction of sp³-hybridized carbons (Fsp3) is 0.625. The average molecular weight is 397 g/mol. The summed E-state index contributed by atoms with van der Waals surface area (Å²) in [6.45, 7) is 9.98. The van der Waals surface area contributed by atoms with E-state index in [4.69, 9.17) is 9.47 Å². The first-order valence-electron chi connectivity index (χ1n) is 11.1. The molecule has 0 bridgehead atoms. The van der Waals surface area contributed by atoms with E-state index in [1.807, 2.05) is 27.7 Å². The molecule has 3 aliphatic heterocycles. The molecule has 0 amide bonds. The van der Waals surface area contributed by atoms with Gasteiger partial charge in [-0.25, -0.2) is 4.79 Å². The summed E-state index contributed by atoms with van der Waals surface area (Å²) in [4.78, 5) is 19.1. The van der Waals surface area contributed by atoms with Crippen molar-refractivity contribution in [3.05, 3.63) is 29.0 Å². The van der Waals surface area contributed by atoms with Gasteiger partial charge in [-0.05, 0) is 71.9 Å². The predicted molar refractivity (Wildman–Crippen MR) is 113 cm³/mol. The number of nitrogens with one attached hydrogen (secondary N) is 1. The second kappa shape index (κ2) is 6.49. The molecule has 5 nitrogen and oxygen atoms in total. The van der Waals surface area contributed by atoms with Gasteiger partial charge in [0.15, 0.2) is 5.72 Å². The highest BCUT2D eigenvalue weighted by Crippen LogP contribution is 2.50. The number of carbonyl (C=O) groups is 1. The van der Waals surface area contributed by atoms with Crippen LogP contribution < -0.4 is 4.74 Å². The standard InChI is InChI=1S/C24H32N2O3/c1-15-20(22(27)29-23(2,3)4)21-17-14-16-8-7-13-26-12-6-5-11-24(16,26)28-19(17)10-9-18(21)25-15/h9-10,16,25H,5-8,11-14H2,1-4H3. The zero-order valence-corrected chi connectivity index (χ0v) is 18.1. The van der Waals surface area contributed by atoms with Gasteiger partial charge >= 0.3 is 5.97 Å². The van der Waals surface area contributed by atoms with Crippen molar-refractivity contribution in [2.24, 2.45) is 5.92 Å². The van der Waals surface area contributed by atoms with E-state index in [9.17, 15) is 4.79 Å². The Bertz CT molecular complexity index is 969. The molecule has 1 spiro atoms. The Morgan fingerprint density at radius 3 is 2.83 bits per heavy atom. The van der Waals surface area contributed by atoms with Crippen molar-refractivity contribution in [1.29, 1.82) is 0 Å². The van der Waals surface area contributed by atoms with Gasteiger partial charge in [0, 0.05) is 47.6 Å². The van der Waals surface area contributed by atoms with Gasteiger partial charge in [0.05, 0.1) is 5.56 Å². The number of aromatic amines is 1. The number of rotatable bonds is 1. The highest BCUT2D eigenvalue weighted by Gasteiger charge is 2.52. The third kappa shape index (κ3) is 2.97. The summed E-state index contributed by atoms with van der Waals surface area (Å²) in [5.41, 5.74) is 3.05. The van der Waals surface area contributed by atoms with Crippen molar-refractivity contribution in [1.82, 2.24) is 9.88 Å². The Morgan fingerprint density at radius 1 is 1.24 bits per heavy atom. The molecule has 156 valence electrons. The molecule has 29 heavy (non-hydrogen) atoms. The lowest BCUT2D eigenvalue weighted by Gasteiger charge is -2.56. The van der Waals surface area contributed by atoms with Crippen LogP contribution in [0.25, 0.3) is 10.9 Å². The second-order valence-corrected chi connectivity index (χ2v) is 10.0. The Morgan fingerprint density at radius 2 is 2.03 bits per heavy atom. The summed E-state index contributed by atoms with van der Waals surface area (Å²) < 4.78 is 12.6. The SMILES string of the molecule is Cc1[nH]c2ccc3c(c2c1C(=O)OC(C)(C)C)CC1CCCN2CCCCC12O3. The lowest BCUT2D eigenvalue weighted by molar-refractivity contribution is -0.177. The zero-order valence-electron chi connectivity index (χ0n) is 18.1. The minimum atomic E-state index is -0.519. The zero-order chi connectivity index (χ0) is 20.4. The van der Waals surface area contributed by atoms with Gasteiger partial charge < -0.3 is 14.5 Å². The van der Waals surface area contributed by atoms with Crippen molar-refractivity contribution in [2.75, 3.05) is 13.1 Å². The third-order valence-corrected chi connectivity index (χ3v) is 6.92. The average Bonchev–Trinajstić information content (AvgIpc) is 3.00. The van der Waals surface area contributed by atoms with E-state index in [1.54, 1.807) is 0 Å². The largest absolute Gasteiger partial charge is 0.472 e. The number of H-pyrrole nitrogens is 1. The highest BCUT2D eigenvalue weighted by molar-refractivity contribution is 6.07. The van der Waals surface area contributed by atoms with E-state index in [-0.39, 0.29) is 11.7 Å². The van der Waals surface area contributed by atoms with Crippen LogP contribution in [-0.4, -0.2) is 40.3 Å². The van der Waals surface area contributed by atoms with Crippen LogP contribution in [0, 0.1) is 12.8 Å². The predicted octanol–water partition coefficient (Wildman–Crippen LogP) is 4.96. The molecular weight excluding hydrogens is 364 g/mol. The Balaban J connectivity index is 1.63. The number of fused-ring (bicyclic) bond motifs is 3. The summed E-state index contributed by atoms with van der Waals surface area (Å²) in [7, 11) is 0. The van der Waals surface area contributed by atoms with Crippen molar-refractivity contribution < 1.29 is 14.3 Å². The van der Waals surface area contributed by atoms with E-state index in [0.29, 0.717) is 11.5 Å². The lowest BCUT2D eigenvalue weighted by Crippen LogP contribution is -2.64. The molecule has 3 aliphatic rings. The van der Waals surface area contributed by atoms with Gasteiger partial charge in [-0.1, -0.05) is 0 Å². The van der Waals surface area contributed by atoms with Gasteiger partial charge in [0.1, 0.15) is 11.4 Å². The van der Waals surface area contributed by atoms with Crippen molar-refractivity contribution in [3.8, 4) is 5.75 Å². The summed E-state index contributed by atoms with van der Waals surface area (Å²) in [5, 5.41) is 0.997. The number of aromatic nitrogens is 1. The van der Waals surface area contributed by atoms with E-state index >= 15 is 0 Å². The first-order valence-corrected chi connectivity index (χ1v) is 11.1. The highest BCUT2D eigenvalue weighted by atomic mass is 16.6. The Hall–Kier alpha value is -2.01. The minimum absolute atomic E-state index is 0.144. The second-order valence-electron chi connectivity index (χ2n) is 10.0. The molecule has 2 fully saturated rings. The Labute approximate surface area is 172 Å². The van der Waals surface area contributed by atoms with Gasteiger partial charge in [-0.15, -0.1) is 0 Å². The normalized spacial score (nSPS) is 27.0. The smallest absolute Gasteiger partial charge is 0.341 e. The number of esters is 1. The molecule has 1 N–H and O–H groups in total. The van der Waals surface area contributed by atoms with Gasteiger partial charge in [-0.2, -0.15) is 0 Å². The van der Waals surface area contributed by atoms with E-state index in [2.05, 4.69) is 22.0 Å². The molecule has 2 aromatic rings. The molecule has 2 unspecified atom stereocenters. The number of benzene rings is 1. The lowest BCUT2D eigenvalue weighted by atomic mass is 9.74. The number of hydrogen-bond donors (Lipinski definition) is 1. The number of carbonyl (C=O) groups excluding carboxylic acids is 1. The van der Waals surface area contributed by atoms with Crippen LogP contribution in [0.1, 0.15) is 74.5 Å². The van der Waals surface area contributed by atoms with Crippen molar-refractivity contribution >= 4 is 16.9 Å². The fourth-order valence-corrected chi connectivity index (χ4v) is 5.80. The van der Waals surface area contributed by atoms with Crippen LogP contribution in [0.15, 0.2) is 12.1 Å². The van der Waals surface area contributed by atoms with Gasteiger partial charge in [0.2, 0.25) is 0 Å². The summed E-state index contributed by atoms with van der Waals surface area (Å²) >= 11 is 0. The van der Waals surface area contributed by atoms with Crippen LogP contribution in [0.5, 0.6) is 5.75 Å². The van der Waals surface area contributed by atoms with Gasteiger partial charge in [-0.3, -0.25) is 4.90 Å². The number of hydrogen-bond acceptors (Lipinski definition) is 4. The maximum absolute atomic E-state index is 13.1. The van der Waals surface area contributed by atoms with Crippen molar-refractivity contribution in [3.63, 3.8) is 0 Å². The van der Waals surface area contributed by atoms with Crippen LogP contribution in [-0.2, 0) is 11.2 Å². The van der Waals surface area contributed by atoms with E-state index in [1.165, 1.54) is 31.2 Å². The Kier molecular flexibility index (Phi) is 4.25. The van der Waals surface area contributed by atoms with Crippen LogP contribution in [0.3, 0.4) is 0 Å². The topological polar surface area (TPSA) is 54.6 Å².